The van der Waals surface area contributed by atoms with Crippen molar-refractivity contribution in [1.82, 2.24) is 4.90 Å². The van der Waals surface area contributed by atoms with Crippen molar-refractivity contribution in [3.63, 3.8) is 0 Å². The Morgan fingerprint density at radius 1 is 1.04 bits per heavy atom. The van der Waals surface area contributed by atoms with Crippen LogP contribution in [0, 0.1) is 10.1 Å². The van der Waals surface area contributed by atoms with E-state index in [0.717, 1.165) is 0 Å². The predicted octanol–water partition coefficient (Wildman–Crippen LogP) is 2.45. The van der Waals surface area contributed by atoms with E-state index in [1.54, 1.807) is 42.5 Å². The normalized spacial score (nSPS) is 14.8. The maximum atomic E-state index is 12.1. The van der Waals surface area contributed by atoms with Gasteiger partial charge in [0.15, 0.2) is 5.84 Å². The van der Waals surface area contributed by atoms with Gasteiger partial charge in [-0.15, -0.1) is 0 Å². The number of nitrogens with zero attached hydrogens (tertiary/aromatic N) is 3. The van der Waals surface area contributed by atoms with Crippen LogP contribution >= 0.6 is 0 Å². The van der Waals surface area contributed by atoms with Gasteiger partial charge in [0.25, 0.3) is 5.69 Å². The molecule has 0 aromatic heterocycles. The first-order valence-corrected chi connectivity index (χ1v) is 8.07. The Hall–Kier alpha value is -3.26. The minimum absolute atomic E-state index is 0.0173. The molecule has 8 nitrogen and oxygen atoms in total. The van der Waals surface area contributed by atoms with Crippen molar-refractivity contribution < 1.29 is 19.3 Å². The maximum absolute atomic E-state index is 12.1. The van der Waals surface area contributed by atoms with E-state index < -0.39 is 10.9 Å². The van der Waals surface area contributed by atoms with Crippen LogP contribution in [0.3, 0.4) is 0 Å². The van der Waals surface area contributed by atoms with E-state index in [1.165, 1.54) is 12.1 Å². The van der Waals surface area contributed by atoms with E-state index in [4.69, 9.17) is 9.57 Å². The van der Waals surface area contributed by atoms with Crippen molar-refractivity contribution in [3.8, 4) is 0 Å². The van der Waals surface area contributed by atoms with Crippen LogP contribution in [0.1, 0.15) is 15.9 Å². The van der Waals surface area contributed by atoms with Gasteiger partial charge in [0.05, 0.1) is 23.7 Å². The molecule has 2 aromatic rings. The number of amidine groups is 1. The Kier molecular flexibility index (Phi) is 5.55. The summed E-state index contributed by atoms with van der Waals surface area (Å²) in [4.78, 5) is 29.5. The predicted molar refractivity (Wildman–Crippen MR) is 93.9 cm³/mol. The third kappa shape index (κ3) is 4.22. The lowest BCUT2D eigenvalue weighted by Crippen LogP contribution is -2.41. The quantitative estimate of drug-likeness (QED) is 0.275. The fourth-order valence-corrected chi connectivity index (χ4v) is 2.51. The molecular weight excluding hydrogens is 338 g/mol. The molecule has 0 aliphatic carbocycles. The molecule has 0 spiro atoms. The Labute approximate surface area is 149 Å². The number of ether oxygens (including phenoxy) is 1. The molecule has 0 amide bonds. The van der Waals surface area contributed by atoms with E-state index in [1.807, 2.05) is 4.90 Å². The Morgan fingerprint density at radius 3 is 2.31 bits per heavy atom. The van der Waals surface area contributed by atoms with Gasteiger partial charge in [-0.05, 0) is 24.3 Å². The Balaban J connectivity index is 1.85. The summed E-state index contributed by atoms with van der Waals surface area (Å²) in [7, 11) is 0. The van der Waals surface area contributed by atoms with Gasteiger partial charge in [-0.1, -0.05) is 23.4 Å². The standard InChI is InChI=1S/C18H17N3O5/c22-18(15-4-2-1-3-5-15)26-19-17(20-10-12-25-13-11-20)14-6-8-16(9-7-14)21(23)24/h1-9H,10-13H2. The number of hydrogen-bond donors (Lipinski definition) is 0. The minimum Gasteiger partial charge on any atom is -0.378 e. The number of nitro benzene ring substituents is 1. The van der Waals surface area contributed by atoms with Crippen molar-refractivity contribution in [3.05, 3.63) is 75.8 Å². The number of benzene rings is 2. The lowest BCUT2D eigenvalue weighted by atomic mass is 10.1. The lowest BCUT2D eigenvalue weighted by Gasteiger charge is -2.29. The van der Waals surface area contributed by atoms with Crippen LogP contribution in [0.25, 0.3) is 0 Å². The number of carbonyl (C=O) groups excluding carboxylic acids is 1. The third-order valence-electron chi connectivity index (χ3n) is 3.87. The summed E-state index contributed by atoms with van der Waals surface area (Å²) in [5.41, 5.74) is 0.996. The highest BCUT2D eigenvalue weighted by atomic mass is 16.7. The molecule has 0 bridgehead atoms. The molecule has 1 heterocycles. The van der Waals surface area contributed by atoms with Gasteiger partial charge < -0.3 is 14.5 Å². The molecule has 8 heteroatoms. The van der Waals surface area contributed by atoms with E-state index in [9.17, 15) is 14.9 Å². The largest absolute Gasteiger partial charge is 0.378 e. The monoisotopic (exact) mass is 355 g/mol. The molecule has 1 saturated heterocycles. The van der Waals surface area contributed by atoms with Gasteiger partial charge in [0, 0.05) is 30.8 Å². The summed E-state index contributed by atoms with van der Waals surface area (Å²) >= 11 is 0. The number of carbonyl (C=O) groups is 1. The Morgan fingerprint density at radius 2 is 1.69 bits per heavy atom. The number of oxime groups is 1. The van der Waals surface area contributed by atoms with Crippen molar-refractivity contribution in [1.29, 1.82) is 0 Å². The number of nitro groups is 1. The molecule has 0 radical (unpaired) electrons. The first kappa shape index (κ1) is 17.6. The smallest absolute Gasteiger partial charge is 0.365 e. The average Bonchev–Trinajstić information content (AvgIpc) is 2.70. The molecule has 0 unspecified atom stereocenters. The third-order valence-corrected chi connectivity index (χ3v) is 3.87. The molecular formula is C18H17N3O5. The summed E-state index contributed by atoms with van der Waals surface area (Å²) in [5.74, 6) is -0.134. The number of non-ortho nitro benzene ring substituents is 1. The summed E-state index contributed by atoms with van der Waals surface area (Å²) in [6.07, 6.45) is 0. The SMILES string of the molecule is O=C(ON=C(c1ccc([N+](=O)[O-])cc1)N1CCOCC1)c1ccccc1. The fraction of sp³-hybridized carbons (Fsp3) is 0.222. The summed E-state index contributed by atoms with van der Waals surface area (Å²) in [6.45, 7) is 2.22. The van der Waals surface area contributed by atoms with Gasteiger partial charge >= 0.3 is 5.97 Å². The van der Waals surface area contributed by atoms with Crippen LogP contribution in [0.5, 0.6) is 0 Å². The van der Waals surface area contributed by atoms with Crippen LogP contribution in [-0.4, -0.2) is 47.9 Å². The van der Waals surface area contributed by atoms with Crippen molar-refractivity contribution in [2.45, 2.75) is 0 Å². The molecule has 0 N–H and O–H groups in total. The van der Waals surface area contributed by atoms with Gasteiger partial charge in [-0.3, -0.25) is 10.1 Å². The maximum Gasteiger partial charge on any atom is 0.365 e. The van der Waals surface area contributed by atoms with E-state index in [0.29, 0.717) is 43.3 Å². The zero-order valence-electron chi connectivity index (χ0n) is 13.9. The van der Waals surface area contributed by atoms with Crippen LogP contribution in [0.2, 0.25) is 0 Å². The number of morpholine rings is 1. The highest BCUT2D eigenvalue weighted by molar-refractivity contribution is 5.99. The molecule has 3 rings (SSSR count). The zero-order chi connectivity index (χ0) is 18.4. The minimum atomic E-state index is -0.571. The van der Waals surface area contributed by atoms with Crippen LogP contribution in [0.15, 0.2) is 59.8 Å². The average molecular weight is 355 g/mol. The van der Waals surface area contributed by atoms with Crippen LogP contribution < -0.4 is 0 Å². The second kappa shape index (κ2) is 8.21. The molecule has 1 aliphatic rings. The molecule has 2 aromatic carbocycles. The first-order valence-electron chi connectivity index (χ1n) is 8.07. The van der Waals surface area contributed by atoms with E-state index in [2.05, 4.69) is 5.16 Å². The molecule has 134 valence electrons. The second-order valence-corrected chi connectivity index (χ2v) is 5.56. The van der Waals surface area contributed by atoms with E-state index in [-0.39, 0.29) is 5.69 Å². The summed E-state index contributed by atoms with van der Waals surface area (Å²) in [5, 5.41) is 14.9. The molecule has 1 aliphatic heterocycles. The van der Waals surface area contributed by atoms with Gasteiger partial charge in [0.1, 0.15) is 0 Å². The molecule has 1 fully saturated rings. The van der Waals surface area contributed by atoms with Crippen molar-refractivity contribution in [2.75, 3.05) is 26.3 Å². The summed E-state index contributed by atoms with van der Waals surface area (Å²) < 4.78 is 5.34. The summed E-state index contributed by atoms with van der Waals surface area (Å²) in [6, 6.07) is 14.5. The first-order chi connectivity index (χ1) is 12.6. The van der Waals surface area contributed by atoms with Crippen molar-refractivity contribution >= 4 is 17.5 Å². The van der Waals surface area contributed by atoms with Crippen molar-refractivity contribution in [2.24, 2.45) is 5.16 Å². The van der Waals surface area contributed by atoms with Gasteiger partial charge in [-0.25, -0.2) is 4.79 Å². The number of rotatable bonds is 4. The number of hydrogen-bond acceptors (Lipinski definition) is 6. The zero-order valence-corrected chi connectivity index (χ0v) is 13.9. The van der Waals surface area contributed by atoms with Crippen LogP contribution in [0.4, 0.5) is 5.69 Å². The van der Waals surface area contributed by atoms with E-state index >= 15 is 0 Å². The topological polar surface area (TPSA) is 94.3 Å². The molecule has 0 saturated carbocycles. The highest BCUT2D eigenvalue weighted by Gasteiger charge is 2.19. The highest BCUT2D eigenvalue weighted by Crippen LogP contribution is 2.15. The Bertz CT molecular complexity index is 799. The second-order valence-electron chi connectivity index (χ2n) is 5.56. The molecule has 0 atom stereocenters. The van der Waals surface area contributed by atoms with Crippen LogP contribution in [-0.2, 0) is 9.57 Å². The van der Waals surface area contributed by atoms with Gasteiger partial charge in [0.2, 0.25) is 0 Å². The lowest BCUT2D eigenvalue weighted by molar-refractivity contribution is -0.384. The molecule has 26 heavy (non-hydrogen) atoms. The van der Waals surface area contributed by atoms with Gasteiger partial charge in [-0.2, -0.15) is 0 Å². The fourth-order valence-electron chi connectivity index (χ4n) is 2.51.